The average molecular weight is 485 g/mol. The number of aromatic amines is 1. The highest BCUT2D eigenvalue weighted by atomic mass is 16.1. The molecule has 0 bridgehead atoms. The lowest BCUT2D eigenvalue weighted by molar-refractivity contribution is 0.0878. The second-order valence-corrected chi connectivity index (χ2v) is 9.50. The molecule has 0 unspecified atom stereocenters. The van der Waals surface area contributed by atoms with Crippen LogP contribution in [0.15, 0.2) is 42.6 Å². The number of carbonyl (C=O) groups is 1. The van der Waals surface area contributed by atoms with E-state index in [4.69, 9.17) is 10.1 Å². The van der Waals surface area contributed by atoms with E-state index in [2.05, 4.69) is 44.7 Å². The average Bonchev–Trinajstić information content (AvgIpc) is 3.60. The summed E-state index contributed by atoms with van der Waals surface area (Å²) in [4.78, 5) is 22.4. The number of ketones is 1. The van der Waals surface area contributed by atoms with Gasteiger partial charge in [0.25, 0.3) is 0 Å². The zero-order valence-electron chi connectivity index (χ0n) is 20.7. The van der Waals surface area contributed by atoms with Crippen LogP contribution in [0.4, 0.5) is 0 Å². The Bertz CT molecular complexity index is 1270. The minimum Gasteiger partial charge on any atom is -0.290 e. The summed E-state index contributed by atoms with van der Waals surface area (Å²) >= 11 is 0. The zero-order chi connectivity index (χ0) is 24.7. The number of unbranched alkanes of at least 4 members (excludes halogenated alkanes) is 2. The van der Waals surface area contributed by atoms with Crippen molar-refractivity contribution in [2.45, 2.75) is 71.3 Å². The Hall–Kier alpha value is -3.75. The Morgan fingerprint density at radius 2 is 1.92 bits per heavy atom. The molecule has 0 atom stereocenters. The fourth-order valence-corrected chi connectivity index (χ4v) is 4.90. The number of hydrogen-bond acceptors (Lipinski definition) is 7. The summed E-state index contributed by atoms with van der Waals surface area (Å²) in [5.41, 5.74) is 3.68. The lowest BCUT2D eigenvalue weighted by Gasteiger charge is -2.18. The molecule has 3 aromatic heterocycles. The van der Waals surface area contributed by atoms with E-state index in [0.29, 0.717) is 18.2 Å². The highest BCUT2D eigenvalue weighted by Gasteiger charge is 2.26. The number of nitrogens with zero attached hydrogens (tertiary/aromatic N) is 7. The number of H-pyrrole nitrogens is 1. The highest BCUT2D eigenvalue weighted by molar-refractivity contribution is 5.94. The smallest absolute Gasteiger partial charge is 0.217 e. The molecule has 1 aliphatic rings. The van der Waals surface area contributed by atoms with Gasteiger partial charge >= 0.3 is 0 Å². The third-order valence-electron chi connectivity index (χ3n) is 6.90. The number of hydrogen-bond donors (Lipinski definition) is 1. The molecule has 0 spiro atoms. The van der Waals surface area contributed by atoms with Gasteiger partial charge in [-0.1, -0.05) is 63.3 Å². The van der Waals surface area contributed by atoms with Crippen molar-refractivity contribution in [3.05, 3.63) is 59.8 Å². The predicted molar refractivity (Wildman–Crippen MR) is 136 cm³/mol. The van der Waals surface area contributed by atoms with Gasteiger partial charge in [-0.05, 0) is 42.2 Å². The summed E-state index contributed by atoms with van der Waals surface area (Å²) < 4.78 is 1.92. The lowest BCUT2D eigenvalue weighted by atomic mass is 9.86. The molecule has 5 rings (SSSR count). The normalized spacial score (nSPS) is 14.2. The number of Topliss-reactive ketones (excluding diaryl/α,β-unsaturated/α-hetero) is 1. The van der Waals surface area contributed by atoms with Crippen molar-refractivity contribution >= 4 is 5.78 Å². The van der Waals surface area contributed by atoms with E-state index in [9.17, 15) is 4.79 Å². The summed E-state index contributed by atoms with van der Waals surface area (Å²) in [5, 5.41) is 19.1. The highest BCUT2D eigenvalue weighted by Crippen LogP contribution is 2.28. The lowest BCUT2D eigenvalue weighted by Crippen LogP contribution is -2.19. The van der Waals surface area contributed by atoms with Crippen molar-refractivity contribution in [1.29, 1.82) is 0 Å². The molecule has 3 heterocycles. The molecule has 4 aromatic rings. The van der Waals surface area contributed by atoms with E-state index in [0.717, 1.165) is 79.6 Å². The fourth-order valence-electron chi connectivity index (χ4n) is 4.90. The van der Waals surface area contributed by atoms with Crippen LogP contribution in [0.5, 0.6) is 0 Å². The van der Waals surface area contributed by atoms with E-state index >= 15 is 0 Å². The molecule has 1 saturated carbocycles. The molecule has 36 heavy (non-hydrogen) atoms. The minimum absolute atomic E-state index is 0.0733. The number of nitrogens with one attached hydrogen (secondary N) is 1. The molecule has 0 saturated heterocycles. The van der Waals surface area contributed by atoms with E-state index in [1.807, 2.05) is 28.9 Å². The summed E-state index contributed by atoms with van der Waals surface area (Å²) in [6.07, 6.45) is 11.3. The van der Waals surface area contributed by atoms with Gasteiger partial charge in [0, 0.05) is 29.7 Å². The molecular formula is C27H32N8O. The van der Waals surface area contributed by atoms with Gasteiger partial charge in [-0.25, -0.2) is 9.67 Å². The van der Waals surface area contributed by atoms with Gasteiger partial charge in [0.2, 0.25) is 17.4 Å². The van der Waals surface area contributed by atoms with Crippen molar-refractivity contribution < 1.29 is 4.79 Å². The summed E-state index contributed by atoms with van der Waals surface area (Å²) in [7, 11) is 0. The van der Waals surface area contributed by atoms with Crippen LogP contribution in [0, 0.1) is 5.92 Å². The molecular weight excluding hydrogens is 452 g/mol. The Balaban J connectivity index is 1.37. The standard InChI is InChI=1S/C27H32N8O/c1-2-3-5-12-23-29-27(25(36)21-9-6-4-7-10-21)32-35(23)18-19-13-15-20(16-14-19)24-22(11-8-17-28-24)26-30-33-34-31-26/h8,11,13-17,21H,2-7,9-10,12,18H2,1H3,(H,30,31,33,34). The number of pyridine rings is 1. The molecule has 1 fully saturated rings. The molecule has 1 N–H and O–H groups in total. The monoisotopic (exact) mass is 484 g/mol. The molecule has 0 radical (unpaired) electrons. The molecule has 1 aromatic carbocycles. The maximum Gasteiger partial charge on any atom is 0.217 e. The molecule has 9 heteroatoms. The Kier molecular flexibility index (Phi) is 7.54. The second kappa shape index (κ2) is 11.3. The first kappa shape index (κ1) is 24.0. The van der Waals surface area contributed by atoms with Crippen molar-refractivity contribution in [2.75, 3.05) is 0 Å². The van der Waals surface area contributed by atoms with E-state index in [-0.39, 0.29) is 11.7 Å². The number of rotatable bonds is 10. The molecule has 0 amide bonds. The van der Waals surface area contributed by atoms with Crippen molar-refractivity contribution in [3.8, 4) is 22.6 Å². The van der Waals surface area contributed by atoms with Gasteiger partial charge in [0.15, 0.2) is 0 Å². The Morgan fingerprint density at radius 3 is 2.67 bits per heavy atom. The van der Waals surface area contributed by atoms with Gasteiger partial charge in [0.05, 0.1) is 12.2 Å². The Labute approximate surface area is 210 Å². The zero-order valence-corrected chi connectivity index (χ0v) is 20.7. The van der Waals surface area contributed by atoms with Gasteiger partial charge in [-0.3, -0.25) is 9.78 Å². The maximum atomic E-state index is 13.1. The number of benzene rings is 1. The van der Waals surface area contributed by atoms with Crippen LogP contribution in [-0.4, -0.2) is 46.2 Å². The van der Waals surface area contributed by atoms with Gasteiger partial charge in [0.1, 0.15) is 5.82 Å². The summed E-state index contributed by atoms with van der Waals surface area (Å²) in [5.74, 6) is 1.99. The molecule has 186 valence electrons. The third-order valence-corrected chi connectivity index (χ3v) is 6.90. The first-order valence-electron chi connectivity index (χ1n) is 13.0. The summed E-state index contributed by atoms with van der Waals surface area (Å²) in [6.45, 7) is 2.77. The first-order valence-corrected chi connectivity index (χ1v) is 13.0. The minimum atomic E-state index is 0.0733. The molecule has 9 nitrogen and oxygen atoms in total. The fraction of sp³-hybridized carbons (Fsp3) is 0.444. The quantitative estimate of drug-likeness (QED) is 0.247. The van der Waals surface area contributed by atoms with Crippen LogP contribution < -0.4 is 0 Å². The van der Waals surface area contributed by atoms with Crippen LogP contribution in [0.3, 0.4) is 0 Å². The SMILES string of the molecule is CCCCCc1nc(C(=O)C2CCCCC2)nn1Cc1ccc(-c2ncccc2-c2nn[nH]n2)cc1. The van der Waals surface area contributed by atoms with E-state index in [1.54, 1.807) is 6.20 Å². The topological polar surface area (TPSA) is 115 Å². The number of aromatic nitrogens is 8. The van der Waals surface area contributed by atoms with Crippen LogP contribution in [0.1, 0.15) is 80.3 Å². The molecule has 1 aliphatic carbocycles. The van der Waals surface area contributed by atoms with Crippen molar-refractivity contribution in [1.82, 2.24) is 40.4 Å². The molecule has 0 aliphatic heterocycles. The van der Waals surface area contributed by atoms with Crippen LogP contribution in [0.25, 0.3) is 22.6 Å². The predicted octanol–water partition coefficient (Wildman–Crippen LogP) is 5.06. The van der Waals surface area contributed by atoms with Crippen LogP contribution in [0.2, 0.25) is 0 Å². The Morgan fingerprint density at radius 1 is 1.08 bits per heavy atom. The number of tetrazole rings is 1. The van der Waals surface area contributed by atoms with Crippen LogP contribution in [-0.2, 0) is 13.0 Å². The van der Waals surface area contributed by atoms with Crippen molar-refractivity contribution in [2.24, 2.45) is 5.92 Å². The van der Waals surface area contributed by atoms with Crippen LogP contribution >= 0.6 is 0 Å². The van der Waals surface area contributed by atoms with Gasteiger partial charge in [-0.2, -0.15) is 5.21 Å². The number of aryl methyl sites for hydroxylation is 1. The number of carbonyl (C=O) groups excluding carboxylic acids is 1. The van der Waals surface area contributed by atoms with Crippen molar-refractivity contribution in [3.63, 3.8) is 0 Å². The first-order chi connectivity index (χ1) is 17.7. The van der Waals surface area contributed by atoms with E-state index in [1.165, 1.54) is 6.42 Å². The van der Waals surface area contributed by atoms with Gasteiger partial charge in [-0.15, -0.1) is 15.3 Å². The second-order valence-electron chi connectivity index (χ2n) is 9.50. The largest absolute Gasteiger partial charge is 0.290 e. The third kappa shape index (κ3) is 5.40. The maximum absolute atomic E-state index is 13.1. The summed E-state index contributed by atoms with van der Waals surface area (Å²) in [6, 6.07) is 12.0. The van der Waals surface area contributed by atoms with E-state index < -0.39 is 0 Å². The van der Waals surface area contributed by atoms with Gasteiger partial charge < -0.3 is 0 Å².